The predicted molar refractivity (Wildman–Crippen MR) is 75.6 cm³/mol. The van der Waals surface area contributed by atoms with Gasteiger partial charge in [0.25, 0.3) is 0 Å². The Labute approximate surface area is 113 Å². The number of nitrogens with zero attached hydrogens (tertiary/aromatic N) is 1. The minimum atomic E-state index is -0.195. The van der Waals surface area contributed by atoms with Crippen molar-refractivity contribution in [1.29, 1.82) is 0 Å². The van der Waals surface area contributed by atoms with E-state index >= 15 is 0 Å². The van der Waals surface area contributed by atoms with E-state index < -0.39 is 0 Å². The first-order valence-corrected chi connectivity index (χ1v) is 6.53. The molecule has 2 aromatic rings. The molecule has 0 amide bonds. The van der Waals surface area contributed by atoms with Crippen molar-refractivity contribution < 1.29 is 4.39 Å². The molecule has 1 N–H and O–H groups in total. The van der Waals surface area contributed by atoms with Gasteiger partial charge in [-0.15, -0.1) is 0 Å². The van der Waals surface area contributed by atoms with Crippen molar-refractivity contribution in [1.82, 2.24) is 10.3 Å². The van der Waals surface area contributed by atoms with Gasteiger partial charge in [-0.25, -0.2) is 4.39 Å². The van der Waals surface area contributed by atoms with Crippen LogP contribution in [0.3, 0.4) is 0 Å². The predicted octanol–water partition coefficient (Wildman–Crippen LogP) is 3.54. The third-order valence-corrected chi connectivity index (χ3v) is 3.34. The Morgan fingerprint density at radius 3 is 2.58 bits per heavy atom. The first-order valence-electron chi connectivity index (χ1n) is 6.53. The summed E-state index contributed by atoms with van der Waals surface area (Å²) in [5.74, 6) is -0.195. The third kappa shape index (κ3) is 2.99. The van der Waals surface area contributed by atoms with Gasteiger partial charge in [0.15, 0.2) is 0 Å². The zero-order chi connectivity index (χ0) is 13.8. The average molecular weight is 258 g/mol. The van der Waals surface area contributed by atoms with Crippen LogP contribution < -0.4 is 5.32 Å². The summed E-state index contributed by atoms with van der Waals surface area (Å²) in [5.41, 5.74) is 4.37. The molecule has 0 fully saturated rings. The largest absolute Gasteiger partial charge is 0.306 e. The van der Waals surface area contributed by atoms with Crippen molar-refractivity contribution in [3.05, 3.63) is 64.7 Å². The Kier molecular flexibility index (Phi) is 4.27. The van der Waals surface area contributed by atoms with Crippen LogP contribution in [0, 0.1) is 19.7 Å². The minimum absolute atomic E-state index is 0.0549. The maximum atomic E-state index is 13.2. The summed E-state index contributed by atoms with van der Waals surface area (Å²) < 4.78 is 13.2. The summed E-state index contributed by atoms with van der Waals surface area (Å²) in [5, 5.41) is 3.45. The maximum absolute atomic E-state index is 13.2. The third-order valence-electron chi connectivity index (χ3n) is 3.34. The molecule has 3 heteroatoms. The van der Waals surface area contributed by atoms with E-state index in [1.807, 2.05) is 25.3 Å². The molecule has 0 aliphatic carbocycles. The summed E-state index contributed by atoms with van der Waals surface area (Å²) in [4.78, 5) is 4.21. The van der Waals surface area contributed by atoms with Crippen LogP contribution in [-0.4, -0.2) is 11.5 Å². The Balaban J connectivity index is 2.48. The molecular formula is C16H19FN2. The standard InChI is InChI=1S/C16H19FN2/c1-4-19-16(15-10-18-8-7-11(15)2)14-6-5-13(17)9-12(14)3/h5-10,16,19H,4H2,1-3H3. The van der Waals surface area contributed by atoms with Crippen molar-refractivity contribution in [3.63, 3.8) is 0 Å². The molecule has 0 aliphatic rings. The van der Waals surface area contributed by atoms with Crippen molar-refractivity contribution in [2.24, 2.45) is 0 Å². The van der Waals surface area contributed by atoms with Crippen molar-refractivity contribution in [2.75, 3.05) is 6.54 Å². The lowest BCUT2D eigenvalue weighted by Gasteiger charge is -2.22. The molecule has 1 aromatic carbocycles. The van der Waals surface area contributed by atoms with Gasteiger partial charge in [0.2, 0.25) is 0 Å². The number of halogens is 1. The molecule has 2 nitrogen and oxygen atoms in total. The van der Waals surface area contributed by atoms with Crippen LogP contribution in [0.2, 0.25) is 0 Å². The molecule has 0 bridgehead atoms. The number of hydrogen-bond donors (Lipinski definition) is 1. The van der Waals surface area contributed by atoms with Gasteiger partial charge >= 0.3 is 0 Å². The second-order valence-corrected chi connectivity index (χ2v) is 4.72. The molecule has 0 radical (unpaired) electrons. The van der Waals surface area contributed by atoms with E-state index in [1.165, 1.54) is 11.6 Å². The normalized spacial score (nSPS) is 12.4. The van der Waals surface area contributed by atoms with Crippen LogP contribution in [0.5, 0.6) is 0 Å². The highest BCUT2D eigenvalue weighted by Crippen LogP contribution is 2.27. The smallest absolute Gasteiger partial charge is 0.123 e. The summed E-state index contributed by atoms with van der Waals surface area (Å²) in [7, 11) is 0. The van der Waals surface area contributed by atoms with Gasteiger partial charge in [-0.1, -0.05) is 13.0 Å². The van der Waals surface area contributed by atoms with Crippen molar-refractivity contribution in [3.8, 4) is 0 Å². The molecule has 0 spiro atoms. The van der Waals surface area contributed by atoms with E-state index in [-0.39, 0.29) is 11.9 Å². The first-order chi connectivity index (χ1) is 9.13. The van der Waals surface area contributed by atoms with Crippen LogP contribution in [0.25, 0.3) is 0 Å². The highest BCUT2D eigenvalue weighted by atomic mass is 19.1. The maximum Gasteiger partial charge on any atom is 0.123 e. The highest BCUT2D eigenvalue weighted by Gasteiger charge is 2.17. The summed E-state index contributed by atoms with van der Waals surface area (Å²) in [6, 6.07) is 6.99. The molecule has 2 rings (SSSR count). The van der Waals surface area contributed by atoms with Crippen LogP contribution >= 0.6 is 0 Å². The van der Waals surface area contributed by atoms with Crippen LogP contribution in [0.1, 0.15) is 35.2 Å². The molecule has 1 aromatic heterocycles. The van der Waals surface area contributed by atoms with Gasteiger partial charge in [0.1, 0.15) is 5.82 Å². The zero-order valence-corrected chi connectivity index (χ0v) is 11.6. The second kappa shape index (κ2) is 5.93. The van der Waals surface area contributed by atoms with Crippen LogP contribution in [0.4, 0.5) is 4.39 Å². The van der Waals surface area contributed by atoms with E-state index in [9.17, 15) is 4.39 Å². The lowest BCUT2D eigenvalue weighted by molar-refractivity contribution is 0.607. The fourth-order valence-corrected chi connectivity index (χ4v) is 2.33. The number of hydrogen-bond acceptors (Lipinski definition) is 2. The van der Waals surface area contributed by atoms with Gasteiger partial charge in [-0.05, 0) is 60.8 Å². The van der Waals surface area contributed by atoms with Gasteiger partial charge < -0.3 is 5.32 Å². The summed E-state index contributed by atoms with van der Waals surface area (Å²) in [6.45, 7) is 6.92. The van der Waals surface area contributed by atoms with Crippen LogP contribution in [-0.2, 0) is 0 Å². The topological polar surface area (TPSA) is 24.9 Å². The number of nitrogens with one attached hydrogen (secondary N) is 1. The second-order valence-electron chi connectivity index (χ2n) is 4.72. The molecule has 1 atom stereocenters. The lowest BCUT2D eigenvalue weighted by Crippen LogP contribution is -2.23. The quantitative estimate of drug-likeness (QED) is 0.907. The van der Waals surface area contributed by atoms with E-state index in [2.05, 4.69) is 24.1 Å². The van der Waals surface area contributed by atoms with Crippen molar-refractivity contribution >= 4 is 0 Å². The lowest BCUT2D eigenvalue weighted by atomic mass is 9.93. The Hall–Kier alpha value is -1.74. The fourth-order valence-electron chi connectivity index (χ4n) is 2.33. The zero-order valence-electron chi connectivity index (χ0n) is 11.6. The Morgan fingerprint density at radius 2 is 1.95 bits per heavy atom. The number of aryl methyl sites for hydroxylation is 2. The van der Waals surface area contributed by atoms with Gasteiger partial charge in [0, 0.05) is 12.4 Å². The first kappa shape index (κ1) is 13.7. The fraction of sp³-hybridized carbons (Fsp3) is 0.312. The number of benzene rings is 1. The van der Waals surface area contributed by atoms with E-state index in [0.29, 0.717) is 0 Å². The number of rotatable bonds is 4. The number of aromatic nitrogens is 1. The Bertz CT molecular complexity index is 566. The average Bonchev–Trinajstić information content (AvgIpc) is 2.38. The molecule has 100 valence electrons. The number of pyridine rings is 1. The molecule has 0 saturated carbocycles. The SMILES string of the molecule is CCNC(c1ccc(F)cc1C)c1cnccc1C. The van der Waals surface area contributed by atoms with Gasteiger partial charge in [-0.2, -0.15) is 0 Å². The highest BCUT2D eigenvalue weighted by molar-refractivity contribution is 5.39. The van der Waals surface area contributed by atoms with Crippen molar-refractivity contribution in [2.45, 2.75) is 26.8 Å². The molecule has 19 heavy (non-hydrogen) atoms. The monoisotopic (exact) mass is 258 g/mol. The molecule has 1 unspecified atom stereocenters. The van der Waals surface area contributed by atoms with E-state index in [4.69, 9.17) is 0 Å². The molecule has 0 saturated heterocycles. The van der Waals surface area contributed by atoms with Gasteiger partial charge in [0.05, 0.1) is 6.04 Å². The van der Waals surface area contributed by atoms with E-state index in [0.717, 1.165) is 23.2 Å². The molecule has 0 aliphatic heterocycles. The van der Waals surface area contributed by atoms with E-state index in [1.54, 1.807) is 12.3 Å². The van der Waals surface area contributed by atoms with Crippen LogP contribution in [0.15, 0.2) is 36.7 Å². The summed E-state index contributed by atoms with van der Waals surface area (Å²) >= 11 is 0. The minimum Gasteiger partial charge on any atom is -0.306 e. The van der Waals surface area contributed by atoms with Gasteiger partial charge in [-0.3, -0.25) is 4.98 Å². The summed E-state index contributed by atoms with van der Waals surface area (Å²) in [6.07, 6.45) is 3.67. The molecular weight excluding hydrogens is 239 g/mol. The molecule has 1 heterocycles. The Morgan fingerprint density at radius 1 is 1.16 bits per heavy atom.